The van der Waals surface area contributed by atoms with Crippen LogP contribution in [-0.4, -0.2) is 24.2 Å². The summed E-state index contributed by atoms with van der Waals surface area (Å²) in [5, 5.41) is 1.10. The van der Waals surface area contributed by atoms with Crippen LogP contribution < -0.4 is 0 Å². The fourth-order valence-electron chi connectivity index (χ4n) is 3.18. The number of benzene rings is 1. The second-order valence-electron chi connectivity index (χ2n) is 8.09. The highest BCUT2D eigenvalue weighted by Gasteiger charge is 2.16. The number of hydrogen-bond acceptors (Lipinski definition) is 4. The molecule has 0 saturated carbocycles. The van der Waals surface area contributed by atoms with Gasteiger partial charge in [0.25, 0.3) is 0 Å². The number of imidazole rings is 1. The number of nitrogens with zero attached hydrogens (tertiary/aromatic N) is 2. The maximum atomic E-state index is 12.1. The summed E-state index contributed by atoms with van der Waals surface area (Å²) in [6.07, 6.45) is 4.31. The molecule has 28 heavy (non-hydrogen) atoms. The van der Waals surface area contributed by atoms with Crippen LogP contribution in [0.1, 0.15) is 50.7 Å². The van der Waals surface area contributed by atoms with Crippen LogP contribution in [0.15, 0.2) is 41.4 Å². The first kappa shape index (κ1) is 20.8. The molecule has 0 N–H and O–H groups in total. The van der Waals surface area contributed by atoms with Crippen molar-refractivity contribution in [1.82, 2.24) is 9.55 Å². The predicted molar refractivity (Wildman–Crippen MR) is 117 cm³/mol. The molecule has 0 fully saturated rings. The number of hydrogen-bond donors (Lipinski definition) is 0. The Morgan fingerprint density at radius 1 is 1.11 bits per heavy atom. The molecule has 2 aromatic heterocycles. The quantitative estimate of drug-likeness (QED) is 0.523. The van der Waals surface area contributed by atoms with E-state index in [4.69, 9.17) is 4.98 Å². The summed E-state index contributed by atoms with van der Waals surface area (Å²) in [5.74, 6) is 1.98. The van der Waals surface area contributed by atoms with Crippen molar-refractivity contribution in [3.8, 4) is 15.4 Å². The van der Waals surface area contributed by atoms with Crippen LogP contribution in [0.3, 0.4) is 0 Å². The van der Waals surface area contributed by atoms with E-state index in [2.05, 4.69) is 50.6 Å². The summed E-state index contributed by atoms with van der Waals surface area (Å²) in [7, 11) is -3.25. The summed E-state index contributed by atoms with van der Waals surface area (Å²) in [4.78, 5) is 6.30. The highest BCUT2D eigenvalue weighted by atomic mass is 32.2. The van der Waals surface area contributed by atoms with Crippen LogP contribution >= 0.6 is 11.3 Å². The summed E-state index contributed by atoms with van der Waals surface area (Å²) < 4.78 is 26.3. The fourth-order valence-corrected chi connectivity index (χ4v) is 5.17. The number of thiophene rings is 1. The van der Waals surface area contributed by atoms with Crippen molar-refractivity contribution in [2.24, 2.45) is 5.92 Å². The lowest BCUT2D eigenvalue weighted by Gasteiger charge is -2.08. The molecule has 6 heteroatoms. The van der Waals surface area contributed by atoms with Crippen molar-refractivity contribution >= 4 is 21.2 Å². The first-order valence-corrected chi connectivity index (χ1v) is 12.3. The molecule has 0 amide bonds. The molecule has 0 spiro atoms. The van der Waals surface area contributed by atoms with Gasteiger partial charge < -0.3 is 0 Å². The Morgan fingerprint density at radius 3 is 2.43 bits per heavy atom. The van der Waals surface area contributed by atoms with Gasteiger partial charge in [-0.25, -0.2) is 13.4 Å². The van der Waals surface area contributed by atoms with Gasteiger partial charge in [0.2, 0.25) is 0 Å². The normalized spacial score (nSPS) is 12.3. The zero-order valence-corrected chi connectivity index (χ0v) is 19.0. The van der Waals surface area contributed by atoms with E-state index in [1.165, 1.54) is 6.26 Å². The Morgan fingerprint density at radius 2 is 1.82 bits per heavy atom. The van der Waals surface area contributed by atoms with E-state index in [0.29, 0.717) is 16.7 Å². The van der Waals surface area contributed by atoms with Gasteiger partial charge in [-0.2, -0.15) is 0 Å². The third-order valence-corrected chi connectivity index (χ3v) is 7.05. The SMILES string of the molecule is Cc1ccc(-c2ccc(-n3cc(C(C)C)nc3CC(C)C)s2)cc1S(C)(=O)=O. The Hall–Kier alpha value is -1.92. The van der Waals surface area contributed by atoms with E-state index < -0.39 is 9.84 Å². The van der Waals surface area contributed by atoms with E-state index >= 15 is 0 Å². The van der Waals surface area contributed by atoms with Gasteiger partial charge >= 0.3 is 0 Å². The van der Waals surface area contributed by atoms with Gasteiger partial charge in [0.15, 0.2) is 9.84 Å². The molecular weight excluding hydrogens is 388 g/mol. The zero-order chi connectivity index (χ0) is 20.6. The van der Waals surface area contributed by atoms with Crippen molar-refractivity contribution in [2.45, 2.75) is 51.9 Å². The van der Waals surface area contributed by atoms with E-state index in [1.54, 1.807) is 17.4 Å². The molecule has 0 bridgehead atoms. The van der Waals surface area contributed by atoms with E-state index in [9.17, 15) is 8.42 Å². The molecule has 2 heterocycles. The van der Waals surface area contributed by atoms with Crippen molar-refractivity contribution in [3.05, 3.63) is 53.6 Å². The Kier molecular flexibility index (Phi) is 5.82. The predicted octanol–water partition coefficient (Wildman–Crippen LogP) is 5.63. The van der Waals surface area contributed by atoms with Crippen LogP contribution in [0, 0.1) is 12.8 Å². The van der Waals surface area contributed by atoms with E-state index in [-0.39, 0.29) is 0 Å². The van der Waals surface area contributed by atoms with Gasteiger partial charge in [0.1, 0.15) is 10.8 Å². The maximum absolute atomic E-state index is 12.1. The average molecular weight is 417 g/mol. The van der Waals surface area contributed by atoms with Crippen molar-refractivity contribution in [1.29, 1.82) is 0 Å². The number of rotatable bonds is 6. The van der Waals surface area contributed by atoms with Crippen LogP contribution in [0.5, 0.6) is 0 Å². The monoisotopic (exact) mass is 416 g/mol. The standard InChI is InChI=1S/C22H28N2O2S2/c1-14(2)11-21-23-18(15(3)4)13-24(21)22-10-9-19(27-22)17-8-7-16(5)20(12-17)28(6,25)26/h7-10,12-15H,11H2,1-6H3. The van der Waals surface area contributed by atoms with Crippen molar-refractivity contribution < 1.29 is 8.42 Å². The highest BCUT2D eigenvalue weighted by molar-refractivity contribution is 7.90. The van der Waals surface area contributed by atoms with Crippen LogP contribution in [0.2, 0.25) is 0 Å². The molecule has 0 saturated heterocycles. The topological polar surface area (TPSA) is 52.0 Å². The fraction of sp³-hybridized carbons (Fsp3) is 0.409. The summed E-state index contributed by atoms with van der Waals surface area (Å²) in [5.41, 5.74) is 2.80. The van der Waals surface area contributed by atoms with Crippen molar-refractivity contribution in [3.63, 3.8) is 0 Å². The van der Waals surface area contributed by atoms with Gasteiger partial charge in [-0.3, -0.25) is 4.57 Å². The third-order valence-electron chi connectivity index (χ3n) is 4.68. The maximum Gasteiger partial charge on any atom is 0.175 e. The van der Waals surface area contributed by atoms with E-state index in [1.807, 2.05) is 19.1 Å². The van der Waals surface area contributed by atoms with Gasteiger partial charge in [0.05, 0.1) is 10.6 Å². The van der Waals surface area contributed by atoms with E-state index in [0.717, 1.165) is 38.9 Å². The number of sulfone groups is 1. The smallest absolute Gasteiger partial charge is 0.175 e. The highest BCUT2D eigenvalue weighted by Crippen LogP contribution is 2.34. The Labute approximate surface area is 172 Å². The molecule has 1 aromatic carbocycles. The average Bonchev–Trinajstić information content (AvgIpc) is 3.20. The van der Waals surface area contributed by atoms with Crippen molar-refractivity contribution in [2.75, 3.05) is 6.26 Å². The second-order valence-corrected chi connectivity index (χ2v) is 11.1. The lowest BCUT2D eigenvalue weighted by Crippen LogP contribution is -2.03. The molecule has 0 radical (unpaired) electrons. The third kappa shape index (κ3) is 4.39. The zero-order valence-electron chi connectivity index (χ0n) is 17.4. The Bertz CT molecular complexity index is 1090. The van der Waals surface area contributed by atoms with Gasteiger partial charge in [-0.15, -0.1) is 11.3 Å². The van der Waals surface area contributed by atoms with Crippen LogP contribution in [0.25, 0.3) is 15.4 Å². The minimum absolute atomic E-state index is 0.376. The minimum Gasteiger partial charge on any atom is -0.295 e. The van der Waals surface area contributed by atoms with Gasteiger partial charge in [0, 0.05) is 23.8 Å². The summed E-state index contributed by atoms with van der Waals surface area (Å²) >= 11 is 1.66. The lowest BCUT2D eigenvalue weighted by molar-refractivity contribution is 0.601. The molecule has 0 aliphatic rings. The molecule has 4 nitrogen and oxygen atoms in total. The van der Waals surface area contributed by atoms with Gasteiger partial charge in [-0.05, 0) is 48.1 Å². The molecule has 0 aliphatic carbocycles. The van der Waals surface area contributed by atoms with Crippen LogP contribution in [-0.2, 0) is 16.3 Å². The molecule has 3 rings (SSSR count). The first-order chi connectivity index (χ1) is 13.1. The molecular formula is C22H28N2O2S2. The number of aromatic nitrogens is 2. The molecule has 150 valence electrons. The molecule has 0 unspecified atom stereocenters. The molecule has 3 aromatic rings. The van der Waals surface area contributed by atoms with Gasteiger partial charge in [-0.1, -0.05) is 39.8 Å². The number of aryl methyl sites for hydroxylation is 1. The molecule has 0 aliphatic heterocycles. The second kappa shape index (κ2) is 7.84. The Balaban J connectivity index is 2.04. The lowest BCUT2D eigenvalue weighted by atomic mass is 10.1. The largest absolute Gasteiger partial charge is 0.295 e. The molecule has 0 atom stereocenters. The van der Waals surface area contributed by atoms with Crippen LogP contribution in [0.4, 0.5) is 0 Å². The first-order valence-electron chi connectivity index (χ1n) is 9.55. The minimum atomic E-state index is -3.25. The summed E-state index contributed by atoms with van der Waals surface area (Å²) in [6, 6.07) is 9.80. The summed E-state index contributed by atoms with van der Waals surface area (Å²) in [6.45, 7) is 10.5.